The number of nitrogens with one attached hydrogen (secondary N) is 1. The number of benzene rings is 1. The van der Waals surface area contributed by atoms with Crippen LogP contribution in [0.25, 0.3) is 0 Å². The Labute approximate surface area is 105 Å². The maximum absolute atomic E-state index is 13.3. The van der Waals surface area contributed by atoms with Gasteiger partial charge in [0.25, 0.3) is 0 Å². The highest BCUT2D eigenvalue weighted by molar-refractivity contribution is 9.10. The average Bonchev–Trinajstić information content (AvgIpc) is 2.24. The average molecular weight is 310 g/mol. The molecule has 1 aromatic rings. The van der Waals surface area contributed by atoms with Crippen molar-refractivity contribution >= 4 is 27.6 Å². The predicted octanol–water partition coefficient (Wildman–Crippen LogP) is 2.24. The largest absolute Gasteiger partial charge is 0.480 e. The fourth-order valence-electron chi connectivity index (χ4n) is 1.16. The molecule has 0 fully saturated rings. The number of halogens is 3. The maximum Gasteiger partial charge on any atom is 0.328 e. The zero-order valence-corrected chi connectivity index (χ0v) is 10.4. The molecule has 0 aliphatic carbocycles. The van der Waals surface area contributed by atoms with Crippen LogP contribution in [0.1, 0.15) is 0 Å². The molecule has 1 unspecified atom stereocenters. The second-order valence-electron chi connectivity index (χ2n) is 3.24. The van der Waals surface area contributed by atoms with Crippen LogP contribution in [0.5, 0.6) is 0 Å². The van der Waals surface area contributed by atoms with Gasteiger partial charge in [-0.05, 0) is 22.0 Å². The fourth-order valence-corrected chi connectivity index (χ4v) is 1.51. The summed E-state index contributed by atoms with van der Waals surface area (Å²) in [5, 5.41) is 11.2. The van der Waals surface area contributed by atoms with Gasteiger partial charge >= 0.3 is 5.97 Å². The van der Waals surface area contributed by atoms with Crippen LogP contribution < -0.4 is 5.32 Å². The van der Waals surface area contributed by atoms with Gasteiger partial charge in [-0.1, -0.05) is 0 Å². The van der Waals surface area contributed by atoms with Gasteiger partial charge in [0.15, 0.2) is 0 Å². The molecule has 1 atom stereocenters. The number of hydrogen-bond donors (Lipinski definition) is 2. The summed E-state index contributed by atoms with van der Waals surface area (Å²) in [6, 6.07) is 0.695. The van der Waals surface area contributed by atoms with E-state index in [-0.39, 0.29) is 16.8 Å². The van der Waals surface area contributed by atoms with Crippen LogP contribution in [-0.4, -0.2) is 30.8 Å². The zero-order chi connectivity index (χ0) is 13.0. The summed E-state index contributed by atoms with van der Waals surface area (Å²) < 4.78 is 31.0. The second kappa shape index (κ2) is 5.92. The van der Waals surface area contributed by atoms with Crippen molar-refractivity contribution in [3.05, 3.63) is 28.2 Å². The quantitative estimate of drug-likeness (QED) is 0.819. The van der Waals surface area contributed by atoms with Crippen LogP contribution in [-0.2, 0) is 9.53 Å². The molecular formula is C10H10BrF2NO3. The third kappa shape index (κ3) is 3.64. The molecule has 0 saturated heterocycles. The van der Waals surface area contributed by atoms with Gasteiger partial charge in [-0.2, -0.15) is 0 Å². The Bertz CT molecular complexity index is 428. The molecule has 17 heavy (non-hydrogen) atoms. The molecule has 0 spiro atoms. The predicted molar refractivity (Wildman–Crippen MR) is 61.0 cm³/mol. The molecular weight excluding hydrogens is 300 g/mol. The Morgan fingerprint density at radius 1 is 1.53 bits per heavy atom. The van der Waals surface area contributed by atoms with Crippen molar-refractivity contribution in [1.82, 2.24) is 0 Å². The van der Waals surface area contributed by atoms with Gasteiger partial charge in [-0.3, -0.25) is 0 Å². The summed E-state index contributed by atoms with van der Waals surface area (Å²) >= 11 is 2.89. The van der Waals surface area contributed by atoms with Crippen LogP contribution in [0, 0.1) is 11.6 Å². The summed E-state index contributed by atoms with van der Waals surface area (Å²) in [6.45, 7) is -0.135. The van der Waals surface area contributed by atoms with E-state index >= 15 is 0 Å². The van der Waals surface area contributed by atoms with Crippen LogP contribution >= 0.6 is 15.9 Å². The SMILES string of the molecule is COCC(Nc1cc(Br)c(F)cc1F)C(=O)O. The normalized spacial score (nSPS) is 12.2. The van der Waals surface area contributed by atoms with Crippen LogP contribution in [0.2, 0.25) is 0 Å². The van der Waals surface area contributed by atoms with Gasteiger partial charge in [-0.25, -0.2) is 13.6 Å². The first-order valence-electron chi connectivity index (χ1n) is 4.58. The van der Waals surface area contributed by atoms with E-state index in [9.17, 15) is 13.6 Å². The first-order valence-corrected chi connectivity index (χ1v) is 5.37. The Morgan fingerprint density at radius 2 is 2.18 bits per heavy atom. The third-order valence-corrected chi connectivity index (χ3v) is 2.58. The number of anilines is 1. The topological polar surface area (TPSA) is 58.6 Å². The van der Waals surface area contributed by atoms with Crippen LogP contribution in [0.4, 0.5) is 14.5 Å². The van der Waals surface area contributed by atoms with Gasteiger partial charge < -0.3 is 15.2 Å². The molecule has 4 nitrogen and oxygen atoms in total. The highest BCUT2D eigenvalue weighted by Gasteiger charge is 2.19. The van der Waals surface area contributed by atoms with E-state index in [1.54, 1.807) is 0 Å². The maximum atomic E-state index is 13.3. The summed E-state index contributed by atoms with van der Waals surface area (Å²) in [5.41, 5.74) is -0.109. The fraction of sp³-hybridized carbons (Fsp3) is 0.300. The van der Waals surface area contributed by atoms with Gasteiger partial charge in [0.1, 0.15) is 17.7 Å². The van der Waals surface area contributed by atoms with E-state index in [1.807, 2.05) is 0 Å². The number of aliphatic carboxylic acids is 1. The van der Waals surface area contributed by atoms with Crippen molar-refractivity contribution in [2.75, 3.05) is 19.0 Å². The lowest BCUT2D eigenvalue weighted by Crippen LogP contribution is -2.34. The first-order chi connectivity index (χ1) is 7.95. The molecule has 0 aromatic heterocycles. The van der Waals surface area contributed by atoms with E-state index in [1.165, 1.54) is 7.11 Å². The van der Waals surface area contributed by atoms with Crippen molar-refractivity contribution < 1.29 is 23.4 Å². The van der Waals surface area contributed by atoms with E-state index < -0.39 is 23.6 Å². The lowest BCUT2D eigenvalue weighted by Gasteiger charge is -2.15. The standard InChI is InChI=1S/C10H10BrF2NO3/c1-17-4-9(10(15)16)14-8-2-5(11)6(12)3-7(8)13/h2-3,9,14H,4H2,1H3,(H,15,16). The molecule has 0 saturated carbocycles. The van der Waals surface area contributed by atoms with Gasteiger partial charge in [-0.15, -0.1) is 0 Å². The Kier molecular flexibility index (Phi) is 4.83. The Hall–Kier alpha value is -1.21. The van der Waals surface area contributed by atoms with E-state index in [0.717, 1.165) is 6.07 Å². The number of carbonyl (C=O) groups is 1. The number of carboxylic acids is 1. The summed E-state index contributed by atoms with van der Waals surface area (Å²) in [4.78, 5) is 10.8. The number of ether oxygens (including phenoxy) is 1. The van der Waals surface area contributed by atoms with Crippen molar-refractivity contribution in [2.45, 2.75) is 6.04 Å². The van der Waals surface area contributed by atoms with Crippen molar-refractivity contribution in [3.8, 4) is 0 Å². The molecule has 1 rings (SSSR count). The molecule has 0 amide bonds. The molecule has 0 aliphatic rings. The molecule has 0 aliphatic heterocycles. The van der Waals surface area contributed by atoms with E-state index in [4.69, 9.17) is 5.11 Å². The first kappa shape index (κ1) is 13.9. The Balaban J connectivity index is 2.93. The van der Waals surface area contributed by atoms with E-state index in [0.29, 0.717) is 6.07 Å². The zero-order valence-electron chi connectivity index (χ0n) is 8.84. The number of methoxy groups -OCH3 is 1. The lowest BCUT2D eigenvalue weighted by molar-refractivity contribution is -0.139. The van der Waals surface area contributed by atoms with Gasteiger partial charge in [0.2, 0.25) is 0 Å². The van der Waals surface area contributed by atoms with Crippen molar-refractivity contribution in [3.63, 3.8) is 0 Å². The molecule has 94 valence electrons. The highest BCUT2D eigenvalue weighted by Crippen LogP contribution is 2.24. The minimum absolute atomic E-state index is 0.0444. The minimum Gasteiger partial charge on any atom is -0.480 e. The highest BCUT2D eigenvalue weighted by atomic mass is 79.9. The van der Waals surface area contributed by atoms with E-state index in [2.05, 4.69) is 26.0 Å². The van der Waals surface area contributed by atoms with Crippen molar-refractivity contribution in [2.24, 2.45) is 0 Å². The summed E-state index contributed by atoms with van der Waals surface area (Å²) in [5.74, 6) is -2.81. The monoisotopic (exact) mass is 309 g/mol. The van der Waals surface area contributed by atoms with Crippen LogP contribution in [0.3, 0.4) is 0 Å². The molecule has 0 radical (unpaired) electrons. The molecule has 2 N–H and O–H groups in total. The Morgan fingerprint density at radius 3 is 2.71 bits per heavy atom. The number of rotatable bonds is 5. The molecule has 0 bridgehead atoms. The summed E-state index contributed by atoms with van der Waals surface area (Å²) in [6.07, 6.45) is 0. The van der Waals surface area contributed by atoms with Gasteiger partial charge in [0, 0.05) is 13.2 Å². The molecule has 0 heterocycles. The second-order valence-corrected chi connectivity index (χ2v) is 4.09. The molecule has 7 heteroatoms. The van der Waals surface area contributed by atoms with Crippen LogP contribution in [0.15, 0.2) is 16.6 Å². The van der Waals surface area contributed by atoms with Crippen molar-refractivity contribution in [1.29, 1.82) is 0 Å². The molecule has 1 aromatic carbocycles. The summed E-state index contributed by atoms with van der Waals surface area (Å²) in [7, 11) is 1.33. The lowest BCUT2D eigenvalue weighted by atomic mass is 10.2. The number of carboxylic acid groups (broad SMARTS) is 1. The van der Waals surface area contributed by atoms with Gasteiger partial charge in [0.05, 0.1) is 16.8 Å². The third-order valence-electron chi connectivity index (χ3n) is 1.97. The smallest absolute Gasteiger partial charge is 0.328 e. The number of hydrogen-bond acceptors (Lipinski definition) is 3. The minimum atomic E-state index is -1.19.